The lowest BCUT2D eigenvalue weighted by Gasteiger charge is -2.55. The third kappa shape index (κ3) is 5.27. The lowest BCUT2D eigenvalue weighted by Crippen LogP contribution is -2.65. The number of hydrogen-bond acceptors (Lipinski definition) is 2. The minimum absolute atomic E-state index is 0.0193. The molecule has 0 aromatic heterocycles. The van der Waals surface area contributed by atoms with Gasteiger partial charge in [-0.1, -0.05) is 136 Å². The molecule has 3 heteroatoms. The highest BCUT2D eigenvalue weighted by Crippen LogP contribution is 2.67. The van der Waals surface area contributed by atoms with Crippen molar-refractivity contribution in [3.8, 4) is 22.3 Å². The molecule has 4 aromatic carbocycles. The van der Waals surface area contributed by atoms with Crippen molar-refractivity contribution in [2.75, 3.05) is 9.71 Å². The fraction of sp³-hybridized carbons (Fsp3) is 0.472. The number of aryl methyl sites for hydroxylation is 3. The highest BCUT2D eigenvalue weighted by atomic mass is 15.3. The van der Waals surface area contributed by atoms with Gasteiger partial charge >= 0.3 is 6.85 Å². The van der Waals surface area contributed by atoms with Crippen LogP contribution in [0.2, 0.25) is 5.82 Å². The van der Waals surface area contributed by atoms with E-state index in [1.165, 1.54) is 104 Å². The van der Waals surface area contributed by atoms with E-state index in [2.05, 4.69) is 186 Å². The van der Waals surface area contributed by atoms with E-state index in [4.69, 9.17) is 0 Å². The van der Waals surface area contributed by atoms with Crippen LogP contribution in [0.25, 0.3) is 22.3 Å². The summed E-state index contributed by atoms with van der Waals surface area (Å²) in [6.45, 7) is 33.7. The van der Waals surface area contributed by atoms with Gasteiger partial charge in [0.15, 0.2) is 0 Å². The summed E-state index contributed by atoms with van der Waals surface area (Å²) in [4.78, 5) is 5.82. The number of rotatable bonds is 2. The Morgan fingerprint density at radius 3 is 1.91 bits per heavy atom. The second-order valence-electron chi connectivity index (χ2n) is 22.0. The minimum atomic E-state index is 0.0193. The zero-order chi connectivity index (χ0) is 40.1. The van der Waals surface area contributed by atoms with Gasteiger partial charge in [-0.25, -0.2) is 0 Å². The predicted molar refractivity (Wildman–Crippen MR) is 244 cm³/mol. The molecule has 290 valence electrons. The standard InChI is InChI=1S/C53H65BN2/c1-32-25-33(2)46(34(3)26-32)35-27-41-40-22-19-37(50(7,8)9)31-44(40)56(39-20-17-36(18-21-39)49(4,5)6)54-43-30-38(51(10,11)12)29-42-48(43)55(45(28-35)47(41)54)53(14)24-16-15-23-52(42,53)13/h17-22,25-31,43,48H,15-16,23-24H2,1-14H3. The summed E-state index contributed by atoms with van der Waals surface area (Å²) in [6, 6.07) is 27.4. The van der Waals surface area contributed by atoms with Gasteiger partial charge in [-0.2, -0.15) is 0 Å². The van der Waals surface area contributed by atoms with Crippen molar-refractivity contribution in [2.45, 2.75) is 151 Å². The van der Waals surface area contributed by atoms with Gasteiger partial charge in [0.05, 0.1) is 6.04 Å². The van der Waals surface area contributed by atoms with Crippen molar-refractivity contribution < 1.29 is 0 Å². The highest BCUT2D eigenvalue weighted by Gasteiger charge is 2.67. The van der Waals surface area contributed by atoms with E-state index in [1.807, 2.05) is 0 Å². The van der Waals surface area contributed by atoms with Crippen molar-refractivity contribution in [3.05, 3.63) is 118 Å². The number of allylic oxidation sites excluding steroid dienone is 2. The van der Waals surface area contributed by atoms with E-state index < -0.39 is 0 Å². The molecule has 0 bridgehead atoms. The van der Waals surface area contributed by atoms with Crippen LogP contribution in [0.5, 0.6) is 0 Å². The molecule has 4 atom stereocenters. The molecule has 1 saturated heterocycles. The zero-order valence-corrected chi connectivity index (χ0v) is 37.0. The van der Waals surface area contributed by atoms with Crippen LogP contribution in [0.3, 0.4) is 0 Å². The van der Waals surface area contributed by atoms with Gasteiger partial charge in [0.25, 0.3) is 0 Å². The Hall–Kier alpha value is -3.98. The van der Waals surface area contributed by atoms with E-state index in [0.717, 1.165) is 0 Å². The third-order valence-electron chi connectivity index (χ3n) is 15.2. The van der Waals surface area contributed by atoms with Gasteiger partial charge in [-0.15, -0.1) is 0 Å². The first-order valence-corrected chi connectivity index (χ1v) is 21.7. The Morgan fingerprint density at radius 1 is 0.661 bits per heavy atom. The molecule has 2 aliphatic carbocycles. The van der Waals surface area contributed by atoms with Crippen LogP contribution in [0.15, 0.2) is 90.0 Å². The van der Waals surface area contributed by atoms with Crippen molar-refractivity contribution in [1.29, 1.82) is 0 Å². The second-order valence-corrected chi connectivity index (χ2v) is 22.0. The van der Waals surface area contributed by atoms with Crippen molar-refractivity contribution in [2.24, 2.45) is 10.8 Å². The van der Waals surface area contributed by atoms with E-state index in [9.17, 15) is 0 Å². The molecule has 2 fully saturated rings. The fourth-order valence-electron chi connectivity index (χ4n) is 12.0. The smallest absolute Gasteiger partial charge is 0.306 e. The molecule has 4 aromatic rings. The zero-order valence-electron chi connectivity index (χ0n) is 37.0. The third-order valence-corrected chi connectivity index (χ3v) is 15.2. The van der Waals surface area contributed by atoms with Crippen LogP contribution >= 0.6 is 0 Å². The summed E-state index contributed by atoms with van der Waals surface area (Å²) in [7, 11) is 0. The van der Waals surface area contributed by atoms with Crippen LogP contribution < -0.4 is 15.2 Å². The molecule has 3 heterocycles. The molecule has 0 spiro atoms. The van der Waals surface area contributed by atoms with Gasteiger partial charge in [0.1, 0.15) is 0 Å². The van der Waals surface area contributed by atoms with Gasteiger partial charge < -0.3 is 9.71 Å². The Kier molecular flexibility index (Phi) is 8.08. The number of hydrogen-bond donors (Lipinski definition) is 0. The summed E-state index contributed by atoms with van der Waals surface area (Å²) < 4.78 is 0. The maximum atomic E-state index is 3.02. The van der Waals surface area contributed by atoms with E-state index in [0.29, 0.717) is 6.04 Å². The van der Waals surface area contributed by atoms with Crippen LogP contribution in [-0.2, 0) is 10.8 Å². The number of nitrogens with zero attached hydrogens (tertiary/aromatic N) is 2. The number of fused-ring (bicyclic) bond motifs is 7. The van der Waals surface area contributed by atoms with E-state index >= 15 is 0 Å². The average molecular weight is 741 g/mol. The molecule has 4 unspecified atom stereocenters. The number of benzene rings is 4. The molecule has 2 nitrogen and oxygen atoms in total. The molecular weight excluding hydrogens is 675 g/mol. The van der Waals surface area contributed by atoms with Crippen LogP contribution in [-0.4, -0.2) is 18.4 Å². The van der Waals surface area contributed by atoms with Crippen LogP contribution in [0, 0.1) is 31.6 Å². The maximum Gasteiger partial charge on any atom is 0.306 e. The first kappa shape index (κ1) is 37.6. The van der Waals surface area contributed by atoms with Crippen molar-refractivity contribution in [3.63, 3.8) is 0 Å². The van der Waals surface area contributed by atoms with Crippen LogP contribution in [0.4, 0.5) is 17.1 Å². The first-order valence-electron chi connectivity index (χ1n) is 21.7. The minimum Gasteiger partial charge on any atom is -0.380 e. The first-order chi connectivity index (χ1) is 26.1. The van der Waals surface area contributed by atoms with Gasteiger partial charge in [-0.3, -0.25) is 0 Å². The molecule has 1 saturated carbocycles. The fourth-order valence-corrected chi connectivity index (χ4v) is 12.0. The molecule has 0 N–H and O–H groups in total. The second kappa shape index (κ2) is 12.0. The predicted octanol–water partition coefficient (Wildman–Crippen LogP) is 13.7. The topological polar surface area (TPSA) is 6.48 Å². The summed E-state index contributed by atoms with van der Waals surface area (Å²) in [5.74, 6) is 0.289. The Bertz CT molecular complexity index is 2330. The monoisotopic (exact) mass is 741 g/mol. The Labute approximate surface area is 339 Å². The number of anilines is 3. The Balaban J connectivity index is 1.43. The largest absolute Gasteiger partial charge is 0.380 e. The Morgan fingerprint density at radius 2 is 1.29 bits per heavy atom. The normalized spacial score (nSPS) is 25.3. The summed E-state index contributed by atoms with van der Waals surface area (Å²) in [5, 5.41) is 0. The highest BCUT2D eigenvalue weighted by molar-refractivity contribution is 6.84. The van der Waals surface area contributed by atoms with Gasteiger partial charge in [-0.05, 0) is 143 Å². The van der Waals surface area contributed by atoms with Crippen molar-refractivity contribution in [1.82, 2.24) is 0 Å². The molecule has 9 rings (SSSR count). The molecular formula is C53H65BN2. The van der Waals surface area contributed by atoms with Gasteiger partial charge in [0, 0.05) is 39.4 Å². The molecule has 0 radical (unpaired) electrons. The van der Waals surface area contributed by atoms with Crippen LogP contribution in [0.1, 0.15) is 130 Å². The molecule has 56 heavy (non-hydrogen) atoms. The lowest BCUT2D eigenvalue weighted by atomic mass is 9.37. The quantitative estimate of drug-likeness (QED) is 0.189. The summed E-state index contributed by atoms with van der Waals surface area (Å²) in [5.41, 5.74) is 21.5. The lowest BCUT2D eigenvalue weighted by molar-refractivity contribution is 0.159. The van der Waals surface area contributed by atoms with Crippen molar-refractivity contribution >= 4 is 29.4 Å². The van der Waals surface area contributed by atoms with Gasteiger partial charge in [0.2, 0.25) is 0 Å². The summed E-state index contributed by atoms with van der Waals surface area (Å²) in [6.07, 6.45) is 10.5. The summed E-state index contributed by atoms with van der Waals surface area (Å²) >= 11 is 0. The maximum absolute atomic E-state index is 3.02. The van der Waals surface area contributed by atoms with E-state index in [-0.39, 0.29) is 39.9 Å². The molecule has 0 amide bonds. The average Bonchev–Trinajstić information content (AvgIpc) is 3.32. The van der Waals surface area contributed by atoms with E-state index in [1.54, 1.807) is 5.57 Å². The molecule has 3 aliphatic heterocycles. The molecule has 5 aliphatic rings. The SMILES string of the molecule is Cc1cc(C)c(-c2cc3c4c(c2)N2C5C(=CC(C(C)(C)C)=CC5B4N(c4ccc(C(C)(C)C)cc4)c4cc(C(C)(C)C)ccc4-3)C3(C)CCCCC23C)c(C)c1.